The highest BCUT2D eigenvalue weighted by Crippen LogP contribution is 2.30. The largest absolute Gasteiger partial charge is 0.476 e. The smallest absolute Gasteiger partial charge is 0.356 e. The molecule has 124 valence electrons. The monoisotopic (exact) mass is 371 g/mol. The lowest BCUT2D eigenvalue weighted by Gasteiger charge is -2.12. The SMILES string of the molecule is O=C(O)c1cc2n(n1)-c1ccc(Cl)cc1C(c1ccccc1Cl)=NC2. The third-order valence-corrected chi connectivity index (χ3v) is 4.54. The topological polar surface area (TPSA) is 67.5 Å². The number of carbonyl (C=O) groups is 1. The highest BCUT2D eigenvalue weighted by Gasteiger charge is 2.23. The normalized spacial score (nSPS) is 12.8. The standard InChI is InChI=1S/C18H11Cl2N3O2/c19-10-5-6-16-13(7-10)17(12-3-1-2-4-14(12)20)21-9-11-8-15(18(24)25)22-23(11)16/h1-8H,9H2,(H,24,25). The van der Waals surface area contributed by atoms with Gasteiger partial charge in [-0.3, -0.25) is 4.99 Å². The van der Waals surface area contributed by atoms with Crippen molar-refractivity contribution in [3.8, 4) is 5.69 Å². The highest BCUT2D eigenvalue weighted by atomic mass is 35.5. The second-order valence-electron chi connectivity index (χ2n) is 5.54. The minimum atomic E-state index is -1.08. The average molecular weight is 372 g/mol. The fourth-order valence-corrected chi connectivity index (χ4v) is 3.25. The fraction of sp³-hybridized carbons (Fsp3) is 0.0556. The van der Waals surface area contributed by atoms with E-state index < -0.39 is 5.97 Å². The first-order chi connectivity index (χ1) is 12.0. The maximum atomic E-state index is 11.3. The number of halogens is 2. The molecule has 0 unspecified atom stereocenters. The summed E-state index contributed by atoms with van der Waals surface area (Å²) in [5.74, 6) is -1.08. The molecular weight excluding hydrogens is 361 g/mol. The van der Waals surface area contributed by atoms with E-state index in [0.717, 1.165) is 11.1 Å². The van der Waals surface area contributed by atoms with Crippen LogP contribution >= 0.6 is 23.2 Å². The minimum absolute atomic E-state index is 0.0210. The van der Waals surface area contributed by atoms with Crippen molar-refractivity contribution in [1.29, 1.82) is 0 Å². The van der Waals surface area contributed by atoms with E-state index in [9.17, 15) is 9.90 Å². The quantitative estimate of drug-likeness (QED) is 0.732. The zero-order valence-corrected chi connectivity index (χ0v) is 14.3. The molecule has 2 heterocycles. The number of hydrogen-bond donors (Lipinski definition) is 1. The van der Waals surface area contributed by atoms with Crippen molar-refractivity contribution in [2.75, 3.05) is 0 Å². The summed E-state index contributed by atoms with van der Waals surface area (Å²) in [6, 6.07) is 14.3. The van der Waals surface area contributed by atoms with Crippen LogP contribution in [0.4, 0.5) is 0 Å². The number of carboxylic acids is 1. The Morgan fingerprint density at radius 3 is 2.64 bits per heavy atom. The van der Waals surface area contributed by atoms with Crippen LogP contribution in [0, 0.1) is 0 Å². The molecule has 1 N–H and O–H groups in total. The number of nitrogens with zero attached hydrogens (tertiary/aromatic N) is 3. The number of hydrogen-bond acceptors (Lipinski definition) is 3. The Balaban J connectivity index is 1.98. The van der Waals surface area contributed by atoms with Gasteiger partial charge in [0.2, 0.25) is 0 Å². The molecule has 1 aliphatic heterocycles. The van der Waals surface area contributed by atoms with Gasteiger partial charge in [-0.1, -0.05) is 41.4 Å². The summed E-state index contributed by atoms with van der Waals surface area (Å²) in [7, 11) is 0. The number of aliphatic imine (C=N–C) groups is 1. The predicted molar refractivity (Wildman–Crippen MR) is 96.3 cm³/mol. The van der Waals surface area contributed by atoms with Crippen LogP contribution in [0.2, 0.25) is 10.0 Å². The van der Waals surface area contributed by atoms with E-state index >= 15 is 0 Å². The fourth-order valence-electron chi connectivity index (χ4n) is 2.86. The van der Waals surface area contributed by atoms with E-state index in [1.54, 1.807) is 28.9 Å². The molecule has 7 heteroatoms. The van der Waals surface area contributed by atoms with Gasteiger partial charge in [0, 0.05) is 21.2 Å². The molecule has 5 nitrogen and oxygen atoms in total. The molecule has 0 aliphatic carbocycles. The molecule has 4 rings (SSSR count). The summed E-state index contributed by atoms with van der Waals surface area (Å²) in [6.07, 6.45) is 0. The van der Waals surface area contributed by atoms with Crippen molar-refractivity contribution in [2.45, 2.75) is 6.54 Å². The van der Waals surface area contributed by atoms with Crippen molar-refractivity contribution in [3.05, 3.63) is 81.1 Å². The number of aromatic nitrogens is 2. The van der Waals surface area contributed by atoms with Crippen molar-refractivity contribution >= 4 is 34.9 Å². The first kappa shape index (κ1) is 15.9. The number of rotatable bonds is 2. The van der Waals surface area contributed by atoms with E-state index in [4.69, 9.17) is 23.2 Å². The Morgan fingerprint density at radius 2 is 1.88 bits per heavy atom. The third kappa shape index (κ3) is 2.71. The van der Waals surface area contributed by atoms with E-state index in [1.807, 2.05) is 18.2 Å². The number of carboxylic acid groups (broad SMARTS) is 1. The Morgan fingerprint density at radius 1 is 1.08 bits per heavy atom. The van der Waals surface area contributed by atoms with Crippen LogP contribution in [-0.4, -0.2) is 26.6 Å². The first-order valence-electron chi connectivity index (χ1n) is 7.46. The summed E-state index contributed by atoms with van der Waals surface area (Å²) in [4.78, 5) is 15.9. The maximum Gasteiger partial charge on any atom is 0.356 e. The third-order valence-electron chi connectivity index (χ3n) is 3.97. The van der Waals surface area contributed by atoms with Crippen LogP contribution in [0.5, 0.6) is 0 Å². The lowest BCUT2D eigenvalue weighted by atomic mass is 10.0. The second kappa shape index (κ2) is 6.02. The average Bonchev–Trinajstić information content (AvgIpc) is 2.95. The van der Waals surface area contributed by atoms with Gasteiger partial charge in [0.25, 0.3) is 0 Å². The van der Waals surface area contributed by atoms with E-state index in [-0.39, 0.29) is 12.2 Å². The Labute approximate surface area is 153 Å². The van der Waals surface area contributed by atoms with Crippen LogP contribution in [0.25, 0.3) is 5.69 Å². The van der Waals surface area contributed by atoms with Gasteiger partial charge < -0.3 is 5.11 Å². The Bertz CT molecular complexity index is 1040. The molecule has 0 saturated carbocycles. The zero-order chi connectivity index (χ0) is 17.6. The molecule has 0 fully saturated rings. The van der Waals surface area contributed by atoms with E-state index in [0.29, 0.717) is 27.1 Å². The molecule has 0 bridgehead atoms. The van der Waals surface area contributed by atoms with Crippen molar-refractivity contribution < 1.29 is 9.90 Å². The lowest BCUT2D eigenvalue weighted by molar-refractivity contribution is 0.0690. The molecule has 25 heavy (non-hydrogen) atoms. The molecule has 1 aromatic heterocycles. The van der Waals surface area contributed by atoms with E-state index in [2.05, 4.69) is 10.1 Å². The predicted octanol–water partition coefficient (Wildman–Crippen LogP) is 4.23. The number of fused-ring (bicyclic) bond motifs is 3. The summed E-state index contributed by atoms with van der Waals surface area (Å²) in [5, 5.41) is 14.5. The maximum absolute atomic E-state index is 11.3. The summed E-state index contributed by atoms with van der Waals surface area (Å²) in [6.45, 7) is 0.285. The molecule has 2 aromatic carbocycles. The van der Waals surface area contributed by atoms with Gasteiger partial charge in [-0.05, 0) is 30.3 Å². The van der Waals surface area contributed by atoms with E-state index in [1.165, 1.54) is 6.07 Å². The van der Waals surface area contributed by atoms with Gasteiger partial charge in [0.15, 0.2) is 5.69 Å². The zero-order valence-electron chi connectivity index (χ0n) is 12.8. The summed E-state index contributed by atoms with van der Waals surface area (Å²) in [5.41, 5.74) is 3.61. The van der Waals surface area contributed by atoms with Gasteiger partial charge in [0.05, 0.1) is 23.6 Å². The van der Waals surface area contributed by atoms with Crippen molar-refractivity contribution in [3.63, 3.8) is 0 Å². The Hall–Kier alpha value is -2.63. The molecule has 0 atom stereocenters. The van der Waals surface area contributed by atoms with Crippen LogP contribution in [0.3, 0.4) is 0 Å². The Kier molecular flexibility index (Phi) is 3.82. The van der Waals surface area contributed by atoms with Crippen LogP contribution in [0.1, 0.15) is 27.3 Å². The minimum Gasteiger partial charge on any atom is -0.476 e. The van der Waals surface area contributed by atoms with Crippen LogP contribution in [0.15, 0.2) is 53.5 Å². The molecular formula is C18H11Cl2N3O2. The molecule has 0 saturated heterocycles. The molecule has 3 aromatic rings. The summed E-state index contributed by atoms with van der Waals surface area (Å²) >= 11 is 12.5. The van der Waals surface area contributed by atoms with Crippen LogP contribution < -0.4 is 0 Å². The number of aromatic carboxylic acids is 1. The van der Waals surface area contributed by atoms with Gasteiger partial charge in [-0.15, -0.1) is 0 Å². The van der Waals surface area contributed by atoms with Crippen molar-refractivity contribution in [1.82, 2.24) is 9.78 Å². The molecule has 0 radical (unpaired) electrons. The summed E-state index contributed by atoms with van der Waals surface area (Å²) < 4.78 is 1.60. The van der Waals surface area contributed by atoms with Gasteiger partial charge >= 0.3 is 5.97 Å². The second-order valence-corrected chi connectivity index (χ2v) is 6.39. The molecule has 0 amide bonds. The van der Waals surface area contributed by atoms with Gasteiger partial charge in [-0.2, -0.15) is 5.10 Å². The highest BCUT2D eigenvalue weighted by molar-refractivity contribution is 6.36. The van der Waals surface area contributed by atoms with Crippen molar-refractivity contribution in [2.24, 2.45) is 4.99 Å². The number of benzene rings is 2. The molecule has 1 aliphatic rings. The van der Waals surface area contributed by atoms with Gasteiger partial charge in [0.1, 0.15) is 0 Å². The first-order valence-corrected chi connectivity index (χ1v) is 8.22. The lowest BCUT2D eigenvalue weighted by Crippen LogP contribution is -2.09. The molecule has 0 spiro atoms. The van der Waals surface area contributed by atoms with Gasteiger partial charge in [-0.25, -0.2) is 9.48 Å². The van der Waals surface area contributed by atoms with Crippen LogP contribution in [-0.2, 0) is 6.54 Å².